The van der Waals surface area contributed by atoms with Crippen LogP contribution in [0.25, 0.3) is 10.9 Å². The van der Waals surface area contributed by atoms with Crippen molar-refractivity contribution in [1.82, 2.24) is 4.57 Å². The standard InChI is InChI=1S/C15H19NO/c1-3-13(4-2)16-8-12-10-17-9-11-6-5-7-14(16)15(11)12/h5-8,13H,3-4,9-10H2,1-2H3. The molecule has 0 fully saturated rings. The van der Waals surface area contributed by atoms with Gasteiger partial charge in [0.1, 0.15) is 0 Å². The van der Waals surface area contributed by atoms with E-state index in [9.17, 15) is 0 Å². The minimum Gasteiger partial charge on any atom is -0.372 e. The predicted octanol–water partition coefficient (Wildman–Crippen LogP) is 4.03. The number of nitrogens with zero attached hydrogens (tertiary/aromatic N) is 1. The molecule has 1 aliphatic rings. The Bertz CT molecular complexity index is 537. The van der Waals surface area contributed by atoms with E-state index >= 15 is 0 Å². The highest BCUT2D eigenvalue weighted by Crippen LogP contribution is 2.33. The summed E-state index contributed by atoms with van der Waals surface area (Å²) in [7, 11) is 0. The van der Waals surface area contributed by atoms with E-state index in [0.717, 1.165) is 13.2 Å². The van der Waals surface area contributed by atoms with Gasteiger partial charge in [-0.05, 0) is 24.5 Å². The maximum atomic E-state index is 5.63. The first-order valence-corrected chi connectivity index (χ1v) is 6.54. The number of benzene rings is 1. The van der Waals surface area contributed by atoms with Gasteiger partial charge in [0.15, 0.2) is 0 Å². The second kappa shape index (κ2) is 4.19. The van der Waals surface area contributed by atoms with Crippen molar-refractivity contribution in [2.45, 2.75) is 45.9 Å². The molecule has 1 aromatic carbocycles. The van der Waals surface area contributed by atoms with E-state index in [2.05, 4.69) is 42.8 Å². The number of rotatable bonds is 3. The van der Waals surface area contributed by atoms with E-state index < -0.39 is 0 Å². The first kappa shape index (κ1) is 10.8. The molecule has 2 aromatic rings. The van der Waals surface area contributed by atoms with Crippen molar-refractivity contribution < 1.29 is 4.74 Å². The number of ether oxygens (including phenoxy) is 1. The fraction of sp³-hybridized carbons (Fsp3) is 0.467. The van der Waals surface area contributed by atoms with Gasteiger partial charge >= 0.3 is 0 Å². The third-order valence-corrected chi connectivity index (χ3v) is 3.87. The molecule has 1 aromatic heterocycles. The molecular weight excluding hydrogens is 210 g/mol. The lowest BCUT2D eigenvalue weighted by Crippen LogP contribution is -2.05. The van der Waals surface area contributed by atoms with E-state index in [0.29, 0.717) is 6.04 Å². The smallest absolute Gasteiger partial charge is 0.0742 e. The molecule has 2 heteroatoms. The largest absolute Gasteiger partial charge is 0.372 e. The molecule has 0 bridgehead atoms. The van der Waals surface area contributed by atoms with Crippen molar-refractivity contribution in [3.8, 4) is 0 Å². The second-order valence-corrected chi connectivity index (χ2v) is 4.84. The molecule has 0 amide bonds. The molecule has 1 aliphatic heterocycles. The zero-order valence-electron chi connectivity index (χ0n) is 10.6. The van der Waals surface area contributed by atoms with Crippen LogP contribution < -0.4 is 0 Å². The average molecular weight is 229 g/mol. The van der Waals surface area contributed by atoms with Crippen molar-refractivity contribution >= 4 is 10.9 Å². The fourth-order valence-corrected chi connectivity index (χ4v) is 2.96. The number of aromatic nitrogens is 1. The van der Waals surface area contributed by atoms with Gasteiger partial charge < -0.3 is 9.30 Å². The van der Waals surface area contributed by atoms with E-state index in [1.807, 2.05) is 0 Å². The first-order valence-electron chi connectivity index (χ1n) is 6.54. The van der Waals surface area contributed by atoms with Gasteiger partial charge in [-0.25, -0.2) is 0 Å². The summed E-state index contributed by atoms with van der Waals surface area (Å²) in [6, 6.07) is 7.18. The number of hydrogen-bond acceptors (Lipinski definition) is 1. The van der Waals surface area contributed by atoms with Crippen LogP contribution in [-0.4, -0.2) is 4.57 Å². The molecule has 0 spiro atoms. The zero-order chi connectivity index (χ0) is 11.8. The Kier molecular flexibility index (Phi) is 2.67. The van der Waals surface area contributed by atoms with Crippen LogP contribution >= 0.6 is 0 Å². The summed E-state index contributed by atoms with van der Waals surface area (Å²) in [5.41, 5.74) is 4.08. The van der Waals surface area contributed by atoms with Crippen molar-refractivity contribution in [2.24, 2.45) is 0 Å². The van der Waals surface area contributed by atoms with Gasteiger partial charge in [0.05, 0.1) is 13.2 Å². The highest BCUT2D eigenvalue weighted by Gasteiger charge is 2.18. The van der Waals surface area contributed by atoms with Crippen LogP contribution in [0.2, 0.25) is 0 Å². The Labute approximate surface area is 102 Å². The molecule has 2 heterocycles. The Hall–Kier alpha value is -1.28. The summed E-state index contributed by atoms with van der Waals surface area (Å²) in [5.74, 6) is 0. The van der Waals surface area contributed by atoms with Gasteiger partial charge in [-0.1, -0.05) is 26.0 Å². The van der Waals surface area contributed by atoms with Crippen molar-refractivity contribution in [3.63, 3.8) is 0 Å². The molecule has 90 valence electrons. The fourth-order valence-electron chi connectivity index (χ4n) is 2.96. The SMILES string of the molecule is CCC(CC)n1cc2c3c(cccc31)COC2. The zero-order valence-corrected chi connectivity index (χ0v) is 10.6. The third-order valence-electron chi connectivity index (χ3n) is 3.87. The Balaban J connectivity index is 2.24. The van der Waals surface area contributed by atoms with Crippen LogP contribution in [-0.2, 0) is 18.0 Å². The number of hydrogen-bond donors (Lipinski definition) is 0. The molecule has 0 N–H and O–H groups in total. The summed E-state index contributed by atoms with van der Waals surface area (Å²) in [6.45, 7) is 6.05. The topological polar surface area (TPSA) is 14.2 Å². The summed E-state index contributed by atoms with van der Waals surface area (Å²) < 4.78 is 8.08. The van der Waals surface area contributed by atoms with Gasteiger partial charge in [0.25, 0.3) is 0 Å². The minimum absolute atomic E-state index is 0.611. The van der Waals surface area contributed by atoms with E-state index in [1.54, 1.807) is 0 Å². The van der Waals surface area contributed by atoms with Gasteiger partial charge in [0.2, 0.25) is 0 Å². The summed E-state index contributed by atoms with van der Waals surface area (Å²) in [6.07, 6.45) is 4.67. The molecule has 0 radical (unpaired) electrons. The van der Waals surface area contributed by atoms with Gasteiger partial charge in [0, 0.05) is 28.7 Å². The molecule has 0 unspecified atom stereocenters. The second-order valence-electron chi connectivity index (χ2n) is 4.84. The molecule has 0 saturated heterocycles. The van der Waals surface area contributed by atoms with Gasteiger partial charge in [-0.3, -0.25) is 0 Å². The lowest BCUT2D eigenvalue weighted by Gasteiger charge is -2.16. The average Bonchev–Trinajstić information content (AvgIpc) is 2.73. The van der Waals surface area contributed by atoms with Crippen LogP contribution in [0.3, 0.4) is 0 Å². The van der Waals surface area contributed by atoms with E-state index in [-0.39, 0.29) is 0 Å². The van der Waals surface area contributed by atoms with Crippen LogP contribution in [0.5, 0.6) is 0 Å². The van der Waals surface area contributed by atoms with E-state index in [1.165, 1.54) is 34.9 Å². The molecule has 2 nitrogen and oxygen atoms in total. The van der Waals surface area contributed by atoms with Crippen molar-refractivity contribution in [1.29, 1.82) is 0 Å². The highest BCUT2D eigenvalue weighted by molar-refractivity contribution is 5.87. The maximum Gasteiger partial charge on any atom is 0.0742 e. The van der Waals surface area contributed by atoms with Crippen LogP contribution in [0.4, 0.5) is 0 Å². The lowest BCUT2D eigenvalue weighted by atomic mass is 10.1. The van der Waals surface area contributed by atoms with Crippen LogP contribution in [0.1, 0.15) is 43.9 Å². The van der Waals surface area contributed by atoms with Crippen molar-refractivity contribution in [2.75, 3.05) is 0 Å². The molecule has 0 aliphatic carbocycles. The molecular formula is C15H19NO. The quantitative estimate of drug-likeness (QED) is 0.775. The lowest BCUT2D eigenvalue weighted by molar-refractivity contribution is 0.103. The minimum atomic E-state index is 0.611. The third kappa shape index (κ3) is 1.59. The van der Waals surface area contributed by atoms with Crippen LogP contribution in [0, 0.1) is 0 Å². The van der Waals surface area contributed by atoms with Gasteiger partial charge in [-0.15, -0.1) is 0 Å². The Morgan fingerprint density at radius 1 is 1.18 bits per heavy atom. The first-order chi connectivity index (χ1) is 8.35. The molecule has 0 saturated carbocycles. The normalized spacial score (nSPS) is 14.8. The Morgan fingerprint density at radius 2 is 1.94 bits per heavy atom. The summed E-state index contributed by atoms with van der Waals surface area (Å²) in [5, 5.41) is 1.44. The van der Waals surface area contributed by atoms with Crippen LogP contribution in [0.15, 0.2) is 24.4 Å². The maximum absolute atomic E-state index is 5.63. The predicted molar refractivity (Wildman–Crippen MR) is 70.1 cm³/mol. The molecule has 3 rings (SSSR count). The summed E-state index contributed by atoms with van der Waals surface area (Å²) in [4.78, 5) is 0. The molecule has 17 heavy (non-hydrogen) atoms. The van der Waals surface area contributed by atoms with E-state index in [4.69, 9.17) is 4.74 Å². The monoisotopic (exact) mass is 229 g/mol. The van der Waals surface area contributed by atoms with Gasteiger partial charge in [-0.2, -0.15) is 0 Å². The molecule has 0 atom stereocenters. The van der Waals surface area contributed by atoms with Crippen molar-refractivity contribution in [3.05, 3.63) is 35.5 Å². The summed E-state index contributed by atoms with van der Waals surface area (Å²) >= 11 is 0. The Morgan fingerprint density at radius 3 is 2.71 bits per heavy atom. The highest BCUT2D eigenvalue weighted by atomic mass is 16.5.